The average Bonchev–Trinajstić information content (AvgIpc) is 3.52. The summed E-state index contributed by atoms with van der Waals surface area (Å²) in [5, 5.41) is 22.8. The molecular weight excluding hydrogens is 448 g/mol. The molecule has 1 aliphatic heterocycles. The number of imidazole rings is 1. The number of amides is 1. The van der Waals surface area contributed by atoms with Gasteiger partial charge in [0, 0.05) is 13.1 Å². The molecule has 3 atom stereocenters. The molecule has 1 saturated carbocycles. The van der Waals surface area contributed by atoms with Gasteiger partial charge in [0.15, 0.2) is 5.82 Å². The Balaban J connectivity index is 1.28. The summed E-state index contributed by atoms with van der Waals surface area (Å²) >= 11 is 0. The third-order valence-electron chi connectivity index (χ3n) is 7.13. The number of nitriles is 1. The second-order valence-electron chi connectivity index (χ2n) is 10.6. The van der Waals surface area contributed by atoms with Gasteiger partial charge in [-0.2, -0.15) is 10.2 Å². The van der Waals surface area contributed by atoms with Crippen LogP contribution in [0.25, 0.3) is 11.0 Å². The van der Waals surface area contributed by atoms with Crippen molar-refractivity contribution >= 4 is 17.1 Å². The first kappa shape index (κ1) is 23.3. The van der Waals surface area contributed by atoms with E-state index in [0.29, 0.717) is 30.5 Å². The number of aliphatic hydroxyl groups is 1. The van der Waals surface area contributed by atoms with Gasteiger partial charge in [0.05, 0.1) is 41.0 Å². The van der Waals surface area contributed by atoms with Crippen molar-refractivity contribution in [2.24, 2.45) is 5.92 Å². The van der Waals surface area contributed by atoms with Gasteiger partial charge in [-0.3, -0.25) is 0 Å². The van der Waals surface area contributed by atoms with Crippen LogP contribution in [0.5, 0.6) is 0 Å². The summed E-state index contributed by atoms with van der Waals surface area (Å²) < 4.78 is 13.5. The standard InChI is InChI=1S/C25H30N6O4/c1-16(32)21-28-22(35-29-21)24(2,3)13-31-14-25(34-23(31)33)8-4-5-18(10-25)12-30-15-27-19-7-6-17(11-26)9-20(19)30/h6-7,9,15-16,18,32H,4-5,8,10,12-14H2,1-3H3/t16?,18-,25?/m0/s1. The number of hydrogen-bond donors (Lipinski definition) is 1. The van der Waals surface area contributed by atoms with Gasteiger partial charge < -0.3 is 23.8 Å². The molecule has 5 rings (SSSR count). The number of carbonyl (C=O) groups is 1. The maximum absolute atomic E-state index is 12.9. The molecule has 1 spiro atoms. The first-order valence-electron chi connectivity index (χ1n) is 12.0. The van der Waals surface area contributed by atoms with Gasteiger partial charge in [-0.1, -0.05) is 5.16 Å². The molecule has 1 amide bonds. The Morgan fingerprint density at radius 3 is 2.97 bits per heavy atom. The van der Waals surface area contributed by atoms with Gasteiger partial charge in [0.1, 0.15) is 11.7 Å². The maximum atomic E-state index is 12.9. The normalized spacial score (nSPS) is 23.6. The molecule has 2 fully saturated rings. The molecule has 0 bridgehead atoms. The molecular formula is C25H30N6O4. The number of aromatic nitrogens is 4. The van der Waals surface area contributed by atoms with Crippen LogP contribution >= 0.6 is 0 Å². The minimum atomic E-state index is -0.818. The second kappa shape index (κ2) is 8.64. The van der Waals surface area contributed by atoms with Crippen molar-refractivity contribution in [3.8, 4) is 6.07 Å². The smallest absolute Gasteiger partial charge is 0.410 e. The van der Waals surface area contributed by atoms with E-state index < -0.39 is 17.1 Å². The molecule has 1 aromatic carbocycles. The summed E-state index contributed by atoms with van der Waals surface area (Å²) in [6, 6.07) is 7.72. The van der Waals surface area contributed by atoms with Gasteiger partial charge >= 0.3 is 6.09 Å². The topological polar surface area (TPSA) is 130 Å². The summed E-state index contributed by atoms with van der Waals surface area (Å²) in [4.78, 5) is 23.4. The van der Waals surface area contributed by atoms with Gasteiger partial charge in [-0.15, -0.1) is 0 Å². The molecule has 1 N–H and O–H groups in total. The average molecular weight is 479 g/mol. The second-order valence-corrected chi connectivity index (χ2v) is 10.6. The molecule has 1 aliphatic carbocycles. The van der Waals surface area contributed by atoms with Crippen LogP contribution in [0.4, 0.5) is 4.79 Å². The van der Waals surface area contributed by atoms with Crippen LogP contribution in [-0.4, -0.2) is 54.5 Å². The molecule has 1 saturated heterocycles. The minimum Gasteiger partial charge on any atom is -0.441 e. The fourth-order valence-corrected chi connectivity index (χ4v) is 5.42. The lowest BCUT2D eigenvalue weighted by molar-refractivity contribution is 0.00413. The summed E-state index contributed by atoms with van der Waals surface area (Å²) in [7, 11) is 0. The number of hydrogen-bond acceptors (Lipinski definition) is 8. The van der Waals surface area contributed by atoms with Crippen molar-refractivity contribution in [2.45, 2.75) is 70.1 Å². The quantitative estimate of drug-likeness (QED) is 0.567. The predicted octanol–water partition coefficient (Wildman–Crippen LogP) is 3.70. The van der Waals surface area contributed by atoms with Crippen molar-refractivity contribution in [3.63, 3.8) is 0 Å². The van der Waals surface area contributed by atoms with E-state index in [2.05, 4.69) is 25.8 Å². The van der Waals surface area contributed by atoms with Gasteiger partial charge in [-0.25, -0.2) is 9.78 Å². The van der Waals surface area contributed by atoms with Crippen LogP contribution in [-0.2, 0) is 16.7 Å². The number of benzene rings is 1. The molecule has 10 nitrogen and oxygen atoms in total. The lowest BCUT2D eigenvalue weighted by Crippen LogP contribution is -2.43. The minimum absolute atomic E-state index is 0.234. The van der Waals surface area contributed by atoms with Crippen LogP contribution in [0.15, 0.2) is 29.0 Å². The first-order chi connectivity index (χ1) is 16.7. The van der Waals surface area contributed by atoms with Crippen molar-refractivity contribution in [3.05, 3.63) is 41.8 Å². The monoisotopic (exact) mass is 478 g/mol. The summed E-state index contributed by atoms with van der Waals surface area (Å²) in [6.07, 6.45) is 4.33. The van der Waals surface area contributed by atoms with E-state index in [1.54, 1.807) is 17.9 Å². The van der Waals surface area contributed by atoms with Crippen LogP contribution in [0, 0.1) is 17.2 Å². The van der Waals surface area contributed by atoms with E-state index in [4.69, 9.17) is 9.26 Å². The molecule has 2 unspecified atom stereocenters. The summed E-state index contributed by atoms with van der Waals surface area (Å²) in [5.41, 5.74) is 1.34. The molecule has 3 aromatic rings. The molecule has 2 aromatic heterocycles. The summed E-state index contributed by atoms with van der Waals surface area (Å²) in [5.74, 6) is 0.946. The highest BCUT2D eigenvalue weighted by Crippen LogP contribution is 2.41. The highest BCUT2D eigenvalue weighted by Gasteiger charge is 2.49. The maximum Gasteiger partial charge on any atom is 0.410 e. The van der Waals surface area contributed by atoms with Gasteiger partial charge in [0.25, 0.3) is 0 Å². The van der Waals surface area contributed by atoms with Crippen molar-refractivity contribution < 1.29 is 19.2 Å². The Hall–Kier alpha value is -3.45. The fourth-order valence-electron chi connectivity index (χ4n) is 5.42. The van der Waals surface area contributed by atoms with Crippen LogP contribution in [0.1, 0.15) is 69.8 Å². The van der Waals surface area contributed by atoms with E-state index in [0.717, 1.165) is 43.3 Å². The van der Waals surface area contributed by atoms with E-state index in [-0.39, 0.29) is 11.9 Å². The van der Waals surface area contributed by atoms with Gasteiger partial charge in [0.2, 0.25) is 5.89 Å². The van der Waals surface area contributed by atoms with E-state index >= 15 is 0 Å². The van der Waals surface area contributed by atoms with Crippen LogP contribution in [0.2, 0.25) is 0 Å². The highest BCUT2D eigenvalue weighted by atomic mass is 16.6. The lowest BCUT2D eigenvalue weighted by atomic mass is 9.77. The number of carbonyl (C=O) groups excluding carboxylic acids is 1. The molecule has 3 heterocycles. The molecule has 2 aliphatic rings. The Morgan fingerprint density at radius 1 is 1.40 bits per heavy atom. The number of aliphatic hydroxyl groups excluding tert-OH is 1. The van der Waals surface area contributed by atoms with Gasteiger partial charge in [-0.05, 0) is 70.6 Å². The van der Waals surface area contributed by atoms with Crippen molar-refractivity contribution in [1.82, 2.24) is 24.6 Å². The lowest BCUT2D eigenvalue weighted by Gasteiger charge is -2.36. The Labute approximate surface area is 203 Å². The van der Waals surface area contributed by atoms with E-state index in [9.17, 15) is 15.2 Å². The van der Waals surface area contributed by atoms with E-state index in [1.807, 2.05) is 32.3 Å². The molecule has 0 radical (unpaired) electrons. The van der Waals surface area contributed by atoms with Crippen LogP contribution < -0.4 is 0 Å². The Bertz CT molecular complexity index is 1290. The number of nitrogens with zero attached hydrogens (tertiary/aromatic N) is 6. The molecule has 35 heavy (non-hydrogen) atoms. The molecule has 10 heteroatoms. The number of rotatable bonds is 6. The fraction of sp³-hybridized carbons (Fsp3) is 0.560. The summed E-state index contributed by atoms with van der Waals surface area (Å²) in [6.45, 7) is 7.12. The predicted molar refractivity (Wildman–Crippen MR) is 125 cm³/mol. The zero-order valence-electron chi connectivity index (χ0n) is 20.3. The molecule has 184 valence electrons. The largest absolute Gasteiger partial charge is 0.441 e. The van der Waals surface area contributed by atoms with Crippen molar-refractivity contribution in [2.75, 3.05) is 13.1 Å². The zero-order chi connectivity index (χ0) is 24.8. The Kier molecular flexibility index (Phi) is 5.75. The SMILES string of the molecule is CC(O)c1noc(C(C)(C)CN2CC3(CCC[C@H](Cn4cnc5ccc(C#N)cc54)C3)OC2=O)n1. The third-order valence-corrected chi connectivity index (χ3v) is 7.13. The zero-order valence-corrected chi connectivity index (χ0v) is 20.3. The van der Waals surface area contributed by atoms with E-state index in [1.165, 1.54) is 0 Å². The highest BCUT2D eigenvalue weighted by molar-refractivity contribution is 5.77. The Morgan fingerprint density at radius 2 is 2.23 bits per heavy atom. The number of ether oxygens (including phenoxy) is 1. The van der Waals surface area contributed by atoms with Crippen LogP contribution in [0.3, 0.4) is 0 Å². The van der Waals surface area contributed by atoms with Crippen molar-refractivity contribution in [1.29, 1.82) is 5.26 Å². The third kappa shape index (κ3) is 4.48. The number of fused-ring (bicyclic) bond motifs is 1. The first-order valence-corrected chi connectivity index (χ1v) is 12.0.